The van der Waals surface area contributed by atoms with E-state index < -0.39 is 47.5 Å². The van der Waals surface area contributed by atoms with Crippen molar-refractivity contribution >= 4 is 41.0 Å². The summed E-state index contributed by atoms with van der Waals surface area (Å²) in [4.78, 5) is 81.6. The third-order valence-corrected chi connectivity index (χ3v) is 8.73. The Kier molecular flexibility index (Phi) is 9.63. The zero-order valence-corrected chi connectivity index (χ0v) is 28.0. The molecule has 0 saturated heterocycles. The minimum atomic E-state index is -1.25. The maximum absolute atomic E-state index is 13.6. The molecule has 7 rings (SSSR count). The zero-order chi connectivity index (χ0) is 36.9. The predicted octanol–water partition coefficient (Wildman–Crippen LogP) is 8.05. The number of imide groups is 1. The number of nitrogens with zero attached hydrogens (tertiary/aromatic N) is 1. The molecule has 0 radical (unpaired) electrons. The number of ether oxygens (including phenoxy) is 2. The van der Waals surface area contributed by atoms with Gasteiger partial charge in [-0.25, -0.2) is 14.5 Å². The van der Waals surface area contributed by atoms with Crippen molar-refractivity contribution in [2.75, 3.05) is 4.90 Å². The predicted molar refractivity (Wildman–Crippen MR) is 195 cm³/mol. The van der Waals surface area contributed by atoms with Gasteiger partial charge in [-0.1, -0.05) is 121 Å². The second-order valence-electron chi connectivity index (χ2n) is 12.1. The molecule has 2 atom stereocenters. The van der Waals surface area contributed by atoms with Crippen molar-refractivity contribution in [3.8, 4) is 0 Å². The molecule has 0 fully saturated rings. The van der Waals surface area contributed by atoms with Crippen molar-refractivity contribution in [2.45, 2.75) is 12.2 Å². The van der Waals surface area contributed by atoms with Crippen molar-refractivity contribution in [3.05, 3.63) is 208 Å². The summed E-state index contributed by atoms with van der Waals surface area (Å²) >= 11 is 0. The maximum atomic E-state index is 13.6. The van der Waals surface area contributed by atoms with E-state index in [2.05, 4.69) is 0 Å². The van der Waals surface area contributed by atoms with Crippen molar-refractivity contribution < 1.29 is 38.2 Å². The number of ketones is 2. The van der Waals surface area contributed by atoms with Crippen LogP contribution in [0.4, 0.5) is 5.69 Å². The Bertz CT molecular complexity index is 2340. The molecule has 1 aliphatic rings. The molecular weight excluding hydrogens is 670 g/mol. The second-order valence-corrected chi connectivity index (χ2v) is 12.1. The Morgan fingerprint density at radius 1 is 0.415 bits per heavy atom. The molecule has 0 N–H and O–H groups in total. The number of benzene rings is 6. The van der Waals surface area contributed by atoms with E-state index in [4.69, 9.17) is 9.47 Å². The van der Waals surface area contributed by atoms with Gasteiger partial charge < -0.3 is 9.47 Å². The fraction of sp³-hybridized carbons (Fsp3) is 0.0455. The van der Waals surface area contributed by atoms with Gasteiger partial charge >= 0.3 is 11.9 Å². The van der Waals surface area contributed by atoms with Crippen LogP contribution in [-0.2, 0) is 9.47 Å². The number of esters is 2. The van der Waals surface area contributed by atoms with Gasteiger partial charge in [-0.3, -0.25) is 19.2 Å². The zero-order valence-electron chi connectivity index (χ0n) is 28.0. The molecule has 53 heavy (non-hydrogen) atoms. The monoisotopic (exact) mass is 699 g/mol. The summed E-state index contributed by atoms with van der Waals surface area (Å²) in [7, 11) is 0. The molecule has 258 valence electrons. The topological polar surface area (TPSA) is 124 Å². The summed E-state index contributed by atoms with van der Waals surface area (Å²) < 4.78 is 11.5. The minimum absolute atomic E-state index is 0.0235. The normalized spacial score (nSPS) is 13.1. The van der Waals surface area contributed by atoms with Crippen molar-refractivity contribution in [1.82, 2.24) is 0 Å². The van der Waals surface area contributed by atoms with Crippen LogP contribution in [0.1, 0.15) is 85.5 Å². The molecule has 0 unspecified atom stereocenters. The van der Waals surface area contributed by atoms with Gasteiger partial charge in [0.1, 0.15) is 0 Å². The van der Waals surface area contributed by atoms with Crippen LogP contribution >= 0.6 is 0 Å². The van der Waals surface area contributed by atoms with Crippen LogP contribution in [0.5, 0.6) is 0 Å². The fourth-order valence-electron chi connectivity index (χ4n) is 6.01. The van der Waals surface area contributed by atoms with E-state index in [0.29, 0.717) is 22.3 Å². The van der Waals surface area contributed by atoms with E-state index >= 15 is 0 Å². The van der Waals surface area contributed by atoms with E-state index in [9.17, 15) is 28.8 Å². The molecule has 0 aliphatic carbocycles. The van der Waals surface area contributed by atoms with Crippen LogP contribution in [0.15, 0.2) is 164 Å². The van der Waals surface area contributed by atoms with Crippen LogP contribution < -0.4 is 4.90 Å². The smallest absolute Gasteiger partial charge is 0.339 e. The van der Waals surface area contributed by atoms with Crippen molar-refractivity contribution in [3.63, 3.8) is 0 Å². The van der Waals surface area contributed by atoms with Gasteiger partial charge in [0.2, 0.25) is 11.6 Å². The van der Waals surface area contributed by atoms with Gasteiger partial charge in [0, 0.05) is 22.3 Å². The van der Waals surface area contributed by atoms with Gasteiger partial charge in [-0.05, 0) is 42.5 Å². The SMILES string of the molecule is O=C(O[C@H](C(=O)c1ccccc1)c1ccccc1)c1ccc2c(c1)C(=O)N(c1ccc(C(=O)O[C@@H](C(=O)c3ccccc3)c3ccccc3)cc1)C2=O. The molecule has 1 heterocycles. The number of Topliss-reactive ketones (excluding diaryl/α,β-unsaturated/α-hetero) is 2. The van der Waals surface area contributed by atoms with Crippen molar-refractivity contribution in [2.24, 2.45) is 0 Å². The van der Waals surface area contributed by atoms with Gasteiger partial charge in [-0.2, -0.15) is 0 Å². The summed E-state index contributed by atoms with van der Waals surface area (Å²) in [5.41, 5.74) is 2.00. The lowest BCUT2D eigenvalue weighted by Gasteiger charge is -2.18. The Hall–Kier alpha value is -7.26. The minimum Gasteiger partial charge on any atom is -0.445 e. The quantitative estimate of drug-likeness (QED) is 0.0756. The first-order valence-electron chi connectivity index (χ1n) is 16.6. The fourth-order valence-corrected chi connectivity index (χ4v) is 6.01. The van der Waals surface area contributed by atoms with E-state index in [1.807, 2.05) is 0 Å². The first-order chi connectivity index (χ1) is 25.8. The lowest BCUT2D eigenvalue weighted by molar-refractivity contribution is 0.0278. The third-order valence-electron chi connectivity index (χ3n) is 8.73. The lowest BCUT2D eigenvalue weighted by atomic mass is 9.99. The van der Waals surface area contributed by atoms with Gasteiger partial charge in [-0.15, -0.1) is 0 Å². The summed E-state index contributed by atoms with van der Waals surface area (Å²) in [5, 5.41) is 0. The number of hydrogen-bond donors (Lipinski definition) is 0. The Labute approximate surface area is 304 Å². The number of amides is 2. The van der Waals surface area contributed by atoms with E-state index in [1.165, 1.54) is 42.5 Å². The Morgan fingerprint density at radius 3 is 1.28 bits per heavy atom. The first kappa shape index (κ1) is 34.2. The number of hydrogen-bond acceptors (Lipinski definition) is 8. The molecule has 1 aliphatic heterocycles. The lowest BCUT2D eigenvalue weighted by Crippen LogP contribution is -2.29. The maximum Gasteiger partial charge on any atom is 0.339 e. The second kappa shape index (κ2) is 14.9. The highest BCUT2D eigenvalue weighted by Gasteiger charge is 2.38. The molecule has 6 aromatic rings. The van der Waals surface area contributed by atoms with Crippen LogP contribution in [-0.4, -0.2) is 35.3 Å². The van der Waals surface area contributed by atoms with Gasteiger partial charge in [0.05, 0.1) is 27.9 Å². The summed E-state index contributed by atoms with van der Waals surface area (Å²) in [6.45, 7) is 0. The number of fused-ring (bicyclic) bond motifs is 1. The average Bonchev–Trinajstić information content (AvgIpc) is 3.47. The highest BCUT2D eigenvalue weighted by atomic mass is 16.6. The van der Waals surface area contributed by atoms with E-state index in [0.717, 1.165) is 4.90 Å². The van der Waals surface area contributed by atoms with Crippen LogP contribution in [0, 0.1) is 0 Å². The summed E-state index contributed by atoms with van der Waals surface area (Å²) in [6, 6.07) is 43.8. The van der Waals surface area contributed by atoms with Gasteiger partial charge in [0.25, 0.3) is 11.8 Å². The summed E-state index contributed by atoms with van der Waals surface area (Å²) in [6.07, 6.45) is -2.46. The van der Waals surface area contributed by atoms with Gasteiger partial charge in [0.15, 0.2) is 12.2 Å². The highest BCUT2D eigenvalue weighted by molar-refractivity contribution is 6.34. The van der Waals surface area contributed by atoms with Crippen LogP contribution in [0.2, 0.25) is 0 Å². The van der Waals surface area contributed by atoms with Crippen LogP contribution in [0.25, 0.3) is 0 Å². The highest BCUT2D eigenvalue weighted by Crippen LogP contribution is 2.31. The number of anilines is 1. The first-order valence-corrected chi connectivity index (χ1v) is 16.6. The molecule has 0 bridgehead atoms. The number of rotatable bonds is 11. The number of carbonyl (C=O) groups excluding carboxylic acids is 6. The molecule has 9 heteroatoms. The molecule has 6 aromatic carbocycles. The standard InChI is InChI=1S/C44H29NO8/c46-37(28-13-5-1-6-14-28)39(30-17-9-3-10-18-30)52-43(50)32-21-24-34(25-22-32)45-41(48)35-26-23-33(27-36(35)42(45)49)44(51)53-40(31-19-11-4-12-20-31)38(47)29-15-7-2-8-16-29/h1-27,39-40H/t39-,40+/m1/s1. The molecular formula is C44H29NO8. The molecule has 9 nitrogen and oxygen atoms in total. The Morgan fingerprint density at radius 2 is 0.811 bits per heavy atom. The van der Waals surface area contributed by atoms with Crippen molar-refractivity contribution in [1.29, 1.82) is 0 Å². The van der Waals surface area contributed by atoms with E-state index in [-0.39, 0.29) is 27.9 Å². The molecule has 2 amide bonds. The molecule has 0 saturated carbocycles. The average molecular weight is 700 g/mol. The third kappa shape index (κ3) is 7.04. The summed E-state index contributed by atoms with van der Waals surface area (Å²) in [5.74, 6) is -3.76. The molecule has 0 spiro atoms. The molecule has 0 aromatic heterocycles. The van der Waals surface area contributed by atoms with Crippen LogP contribution in [0.3, 0.4) is 0 Å². The Balaban J connectivity index is 1.08. The van der Waals surface area contributed by atoms with E-state index in [1.54, 1.807) is 121 Å². The largest absolute Gasteiger partial charge is 0.445 e. The number of carbonyl (C=O) groups is 6.